The second-order valence-corrected chi connectivity index (χ2v) is 24.6. The molecule has 13 heteroatoms. The number of nitrogens with zero attached hydrogens (tertiary/aromatic N) is 7. The fourth-order valence-corrected chi connectivity index (χ4v) is 7.11. The van der Waals surface area contributed by atoms with E-state index in [1.807, 2.05) is 34.9 Å². The van der Waals surface area contributed by atoms with Crippen molar-refractivity contribution < 1.29 is 18.3 Å². The van der Waals surface area contributed by atoms with E-state index in [-0.39, 0.29) is 35.1 Å². The van der Waals surface area contributed by atoms with E-state index in [0.29, 0.717) is 41.7 Å². The van der Waals surface area contributed by atoms with Crippen LogP contribution in [0.3, 0.4) is 0 Å². The van der Waals surface area contributed by atoms with Crippen LogP contribution in [0.25, 0.3) is 28.4 Å². The van der Waals surface area contributed by atoms with Gasteiger partial charge in [0.25, 0.3) is 5.95 Å². The van der Waals surface area contributed by atoms with Crippen LogP contribution in [0, 0.1) is 0 Å². The maximum Gasteiger partial charge on any atom is 0.257 e. The van der Waals surface area contributed by atoms with Gasteiger partial charge in [0, 0.05) is 12.0 Å². The van der Waals surface area contributed by atoms with E-state index in [1.54, 1.807) is 23.3 Å². The molecular weight excluding hydrogens is 615 g/mol. The van der Waals surface area contributed by atoms with Crippen molar-refractivity contribution in [1.82, 2.24) is 34.5 Å². The molecule has 0 radical (unpaired) electrons. The molecule has 3 atom stereocenters. The summed E-state index contributed by atoms with van der Waals surface area (Å²) in [5.74, 6) is 0.646. The zero-order valence-electron chi connectivity index (χ0n) is 28.9. The number of hydrogen-bond donors (Lipinski definition) is 0. The van der Waals surface area contributed by atoms with E-state index in [9.17, 15) is 0 Å². The van der Waals surface area contributed by atoms with Crippen LogP contribution in [0.1, 0.15) is 54.2 Å². The maximum atomic E-state index is 7.01. The highest BCUT2D eigenvalue weighted by atomic mass is 28.4. The maximum absolute atomic E-state index is 7.01. The molecule has 248 valence electrons. The van der Waals surface area contributed by atoms with Gasteiger partial charge in [-0.05, 0) is 36.3 Å². The number of rotatable bonds is 11. The second-order valence-electron chi connectivity index (χ2n) is 15.0. The van der Waals surface area contributed by atoms with Gasteiger partial charge in [0.05, 0.1) is 25.2 Å². The zero-order valence-corrected chi connectivity index (χ0v) is 30.9. The molecule has 0 amide bonds. The highest BCUT2D eigenvalue weighted by Gasteiger charge is 2.47. The zero-order chi connectivity index (χ0) is 33.5. The molecule has 46 heavy (non-hydrogen) atoms. The van der Waals surface area contributed by atoms with Crippen molar-refractivity contribution in [2.75, 3.05) is 13.2 Å². The Labute approximate surface area is 274 Å². The van der Waals surface area contributed by atoms with Crippen LogP contribution in [-0.4, -0.2) is 76.6 Å². The first kappa shape index (κ1) is 34.1. The molecule has 0 unspecified atom stereocenters. The van der Waals surface area contributed by atoms with Crippen molar-refractivity contribution in [3.63, 3.8) is 0 Å². The molecule has 3 aromatic heterocycles. The third-order valence-corrected chi connectivity index (χ3v) is 18.6. The Bertz CT molecular complexity index is 1660. The lowest BCUT2D eigenvalue weighted by Gasteiger charge is -2.40. The third-order valence-electron chi connectivity index (χ3n) is 9.64. The predicted molar refractivity (Wildman–Crippen MR) is 185 cm³/mol. The quantitative estimate of drug-likeness (QED) is 0.120. The third kappa shape index (κ3) is 7.03. The van der Waals surface area contributed by atoms with Gasteiger partial charge in [-0.1, -0.05) is 89.7 Å². The molecule has 4 heterocycles. The molecule has 0 saturated carbocycles. The molecule has 1 aliphatic rings. The Morgan fingerprint density at radius 1 is 1.00 bits per heavy atom. The van der Waals surface area contributed by atoms with Crippen molar-refractivity contribution in [2.24, 2.45) is 0 Å². The van der Waals surface area contributed by atoms with Gasteiger partial charge in [-0.15, -0.1) is 5.10 Å². The molecule has 5 rings (SSSR count). The van der Waals surface area contributed by atoms with E-state index >= 15 is 0 Å². The number of imidazole rings is 1. The summed E-state index contributed by atoms with van der Waals surface area (Å²) in [4.78, 5) is 14.3. The van der Waals surface area contributed by atoms with Crippen LogP contribution in [-0.2, 0) is 13.6 Å². The van der Waals surface area contributed by atoms with Crippen molar-refractivity contribution in [3.8, 4) is 23.1 Å². The van der Waals surface area contributed by atoms with Crippen molar-refractivity contribution in [1.29, 1.82) is 0 Å². The van der Waals surface area contributed by atoms with E-state index in [1.165, 1.54) is 0 Å². The first-order valence-electron chi connectivity index (χ1n) is 15.9. The van der Waals surface area contributed by atoms with Crippen molar-refractivity contribution in [3.05, 3.63) is 55.5 Å². The van der Waals surface area contributed by atoms with Gasteiger partial charge in [-0.25, -0.2) is 4.98 Å². The normalized spacial score (nSPS) is 19.6. The topological polar surface area (TPSA) is 111 Å². The number of fused-ring (bicyclic) bond motifs is 1. The van der Waals surface area contributed by atoms with Gasteiger partial charge >= 0.3 is 0 Å². The van der Waals surface area contributed by atoms with Crippen molar-refractivity contribution >= 4 is 27.8 Å². The van der Waals surface area contributed by atoms with Crippen molar-refractivity contribution in [2.45, 2.75) is 103 Å². The van der Waals surface area contributed by atoms with Crippen LogP contribution in [0.2, 0.25) is 36.3 Å². The SMILES string of the molecule is C=CCOc1nc(-n2cc(-c3ccccc3)nn2)nc2c1ncn2[C@H]1C[C@H](O[Si](C)(C)C(C)(C)C)[C@@H](CO[Si](C)(C)C(C)(C)C)O1. The van der Waals surface area contributed by atoms with Gasteiger partial charge in [0.15, 0.2) is 27.8 Å². The molecule has 11 nitrogen and oxygen atoms in total. The Morgan fingerprint density at radius 3 is 2.35 bits per heavy atom. The van der Waals surface area contributed by atoms with E-state index in [4.69, 9.17) is 23.3 Å². The summed E-state index contributed by atoms with van der Waals surface area (Å²) in [5, 5.41) is 8.82. The summed E-state index contributed by atoms with van der Waals surface area (Å²) in [6.07, 6.45) is 5.08. The van der Waals surface area contributed by atoms with Crippen LogP contribution < -0.4 is 4.74 Å². The molecule has 0 aliphatic carbocycles. The van der Waals surface area contributed by atoms with Gasteiger partial charge in [-0.2, -0.15) is 14.6 Å². The van der Waals surface area contributed by atoms with Gasteiger partial charge < -0.3 is 18.3 Å². The predicted octanol–water partition coefficient (Wildman–Crippen LogP) is 7.34. The largest absolute Gasteiger partial charge is 0.472 e. The molecule has 1 saturated heterocycles. The lowest BCUT2D eigenvalue weighted by atomic mass is 10.2. The monoisotopic (exact) mass is 663 g/mol. The molecular formula is C33H49N7O4Si2. The summed E-state index contributed by atoms with van der Waals surface area (Å²) in [6, 6.07) is 9.86. The molecule has 1 aromatic carbocycles. The summed E-state index contributed by atoms with van der Waals surface area (Å²) in [5.41, 5.74) is 2.75. The van der Waals surface area contributed by atoms with Gasteiger partial charge in [0.2, 0.25) is 5.88 Å². The molecule has 0 N–H and O–H groups in total. The molecule has 0 spiro atoms. The summed E-state index contributed by atoms with van der Waals surface area (Å²) < 4.78 is 30.0. The molecule has 1 fully saturated rings. The number of aromatic nitrogens is 7. The Kier molecular flexibility index (Phi) is 9.46. The highest BCUT2D eigenvalue weighted by molar-refractivity contribution is 6.74. The van der Waals surface area contributed by atoms with Crippen LogP contribution in [0.5, 0.6) is 5.88 Å². The number of hydrogen-bond acceptors (Lipinski definition) is 9. The Morgan fingerprint density at radius 2 is 1.70 bits per heavy atom. The van der Waals surface area contributed by atoms with Crippen LogP contribution >= 0.6 is 0 Å². The highest BCUT2D eigenvalue weighted by Crippen LogP contribution is 2.43. The molecule has 4 aromatic rings. The first-order chi connectivity index (χ1) is 21.5. The summed E-state index contributed by atoms with van der Waals surface area (Å²) in [6.45, 7) is 27.1. The molecule has 1 aliphatic heterocycles. The van der Waals surface area contributed by atoms with E-state index in [2.05, 4.69) is 94.6 Å². The lowest BCUT2D eigenvalue weighted by molar-refractivity contribution is -0.0383. The Hall–Kier alpha value is -3.24. The minimum atomic E-state index is -2.12. The fourth-order valence-electron chi connectivity index (χ4n) is 4.74. The van der Waals surface area contributed by atoms with E-state index < -0.39 is 16.6 Å². The Balaban J connectivity index is 1.51. The molecule has 0 bridgehead atoms. The number of ether oxygens (including phenoxy) is 2. The van der Waals surface area contributed by atoms with Crippen LogP contribution in [0.4, 0.5) is 0 Å². The minimum absolute atomic E-state index is 0.0492. The van der Waals surface area contributed by atoms with Gasteiger partial charge in [-0.3, -0.25) is 4.57 Å². The summed E-state index contributed by atoms with van der Waals surface area (Å²) in [7, 11) is -4.14. The lowest BCUT2D eigenvalue weighted by Crippen LogP contribution is -2.48. The smallest absolute Gasteiger partial charge is 0.257 e. The summed E-state index contributed by atoms with van der Waals surface area (Å²) >= 11 is 0. The fraction of sp³-hybridized carbons (Fsp3) is 0.545. The van der Waals surface area contributed by atoms with Crippen LogP contribution in [0.15, 0.2) is 55.5 Å². The second kappa shape index (κ2) is 12.8. The number of benzene rings is 1. The average Bonchev–Trinajstić information content (AvgIpc) is 3.72. The standard InChI is InChI=1S/C33H49N7O4Si2/c1-12-18-41-30-28-29(35-31(36-30)40-20-24(37-38-40)23-16-14-13-15-17-23)39(22-34-28)27-19-25(44-46(10,11)33(5,6)7)26(43-27)21-42-45(8,9)32(2,3)4/h12-17,20,22,25-27H,1,18-19,21H2,2-11H3/t25-,26+,27+/m0/s1. The van der Waals surface area contributed by atoms with E-state index in [0.717, 1.165) is 5.56 Å². The minimum Gasteiger partial charge on any atom is -0.472 e. The average molecular weight is 664 g/mol. The first-order valence-corrected chi connectivity index (χ1v) is 21.8. The van der Waals surface area contributed by atoms with Gasteiger partial charge in [0.1, 0.15) is 24.6 Å².